The van der Waals surface area contributed by atoms with Crippen LogP contribution in [0, 0.1) is 5.82 Å². The summed E-state index contributed by atoms with van der Waals surface area (Å²) >= 11 is 5.67. The zero-order valence-corrected chi connectivity index (χ0v) is 12.2. The van der Waals surface area contributed by atoms with Crippen molar-refractivity contribution < 1.29 is 19.0 Å². The summed E-state index contributed by atoms with van der Waals surface area (Å²) in [6, 6.07) is 6.68. The van der Waals surface area contributed by atoms with Gasteiger partial charge in [-0.05, 0) is 24.1 Å². The van der Waals surface area contributed by atoms with Gasteiger partial charge < -0.3 is 9.84 Å². The van der Waals surface area contributed by atoms with Crippen molar-refractivity contribution in [3.8, 4) is 11.6 Å². The second kappa shape index (κ2) is 6.10. The molecule has 1 N–H and O–H groups in total. The van der Waals surface area contributed by atoms with Crippen molar-refractivity contribution in [3.63, 3.8) is 0 Å². The van der Waals surface area contributed by atoms with Gasteiger partial charge in [0.05, 0.1) is 10.6 Å². The monoisotopic (exact) mass is 309 g/mol. The fraction of sp³-hybridized carbons (Fsp3) is 0.200. The maximum absolute atomic E-state index is 13.1. The lowest BCUT2D eigenvalue weighted by atomic mass is 10.1. The normalized spacial score (nSPS) is 10.7. The molecule has 2 rings (SSSR count). The average molecular weight is 310 g/mol. The molecule has 21 heavy (non-hydrogen) atoms. The van der Waals surface area contributed by atoms with Crippen molar-refractivity contribution in [1.82, 2.24) is 4.98 Å². The lowest BCUT2D eigenvalue weighted by molar-refractivity contribution is 0.0696. The number of carbonyl (C=O) groups is 1. The van der Waals surface area contributed by atoms with Gasteiger partial charge in [-0.15, -0.1) is 0 Å². The van der Waals surface area contributed by atoms with Crippen molar-refractivity contribution in [1.29, 1.82) is 0 Å². The van der Waals surface area contributed by atoms with Crippen LogP contribution in [0.2, 0.25) is 5.02 Å². The van der Waals surface area contributed by atoms with Gasteiger partial charge in [0, 0.05) is 17.8 Å². The number of hydrogen-bond acceptors (Lipinski definition) is 3. The number of ether oxygens (including phenoxy) is 1. The Morgan fingerprint density at radius 2 is 2.05 bits per heavy atom. The molecule has 2 aromatic rings. The lowest BCUT2D eigenvalue weighted by Crippen LogP contribution is -2.03. The van der Waals surface area contributed by atoms with E-state index in [1.54, 1.807) is 0 Å². The van der Waals surface area contributed by atoms with E-state index >= 15 is 0 Å². The van der Waals surface area contributed by atoms with Gasteiger partial charge in [-0.25, -0.2) is 14.2 Å². The Morgan fingerprint density at radius 3 is 2.62 bits per heavy atom. The Bertz CT molecular complexity index is 689. The van der Waals surface area contributed by atoms with Crippen molar-refractivity contribution in [3.05, 3.63) is 52.4 Å². The molecule has 0 amide bonds. The highest BCUT2D eigenvalue weighted by molar-refractivity contribution is 6.30. The number of rotatable bonds is 4. The molecule has 0 unspecified atom stereocenters. The molecule has 0 atom stereocenters. The Kier molecular flexibility index (Phi) is 4.43. The maximum atomic E-state index is 13.1. The van der Waals surface area contributed by atoms with Gasteiger partial charge in [0.1, 0.15) is 11.6 Å². The molecular formula is C15H13ClFNO3. The lowest BCUT2D eigenvalue weighted by Gasteiger charge is -2.10. The van der Waals surface area contributed by atoms with Gasteiger partial charge in [-0.2, -0.15) is 0 Å². The van der Waals surface area contributed by atoms with Crippen LogP contribution in [0.1, 0.15) is 35.8 Å². The SMILES string of the molecule is CC(C)c1cc(C(=O)O)cc(Oc2ccc(F)c(Cl)c2)n1. The number of hydrogen-bond donors (Lipinski definition) is 1. The third kappa shape index (κ3) is 3.70. The van der Waals surface area contributed by atoms with Gasteiger partial charge in [-0.3, -0.25) is 0 Å². The summed E-state index contributed by atoms with van der Waals surface area (Å²) in [5.41, 5.74) is 0.676. The molecule has 4 nitrogen and oxygen atoms in total. The van der Waals surface area contributed by atoms with E-state index in [-0.39, 0.29) is 28.1 Å². The second-order valence-corrected chi connectivity index (χ2v) is 5.16. The minimum absolute atomic E-state index is 0.0449. The van der Waals surface area contributed by atoms with E-state index < -0.39 is 11.8 Å². The molecule has 0 bridgehead atoms. The largest absolute Gasteiger partial charge is 0.478 e. The number of aromatic nitrogens is 1. The Morgan fingerprint density at radius 1 is 1.33 bits per heavy atom. The molecule has 6 heteroatoms. The standard InChI is InChI=1S/C15H13ClFNO3/c1-8(2)13-5-9(15(19)20)6-14(18-13)21-10-3-4-12(17)11(16)7-10/h3-8H,1-2H3,(H,19,20). The summed E-state index contributed by atoms with van der Waals surface area (Å²) in [7, 11) is 0. The fourth-order valence-corrected chi connectivity index (χ4v) is 1.83. The fourth-order valence-electron chi connectivity index (χ4n) is 1.66. The van der Waals surface area contributed by atoms with Crippen molar-refractivity contribution in [2.24, 2.45) is 0 Å². The van der Waals surface area contributed by atoms with E-state index in [0.717, 1.165) is 0 Å². The summed E-state index contributed by atoms with van der Waals surface area (Å²) in [5.74, 6) is -1.17. The van der Waals surface area contributed by atoms with Crippen LogP contribution < -0.4 is 4.74 Å². The third-order valence-electron chi connectivity index (χ3n) is 2.77. The highest BCUT2D eigenvalue weighted by Crippen LogP contribution is 2.27. The molecule has 110 valence electrons. The van der Waals surface area contributed by atoms with Gasteiger partial charge in [0.2, 0.25) is 5.88 Å². The topological polar surface area (TPSA) is 59.4 Å². The minimum atomic E-state index is -1.07. The molecule has 1 heterocycles. The van der Waals surface area contributed by atoms with E-state index in [0.29, 0.717) is 5.69 Å². The molecule has 0 radical (unpaired) electrons. The predicted molar refractivity (Wildman–Crippen MR) is 76.8 cm³/mol. The molecule has 0 saturated heterocycles. The maximum Gasteiger partial charge on any atom is 0.335 e. The molecular weight excluding hydrogens is 297 g/mol. The molecule has 0 aliphatic heterocycles. The molecule has 0 spiro atoms. The van der Waals surface area contributed by atoms with E-state index in [2.05, 4.69) is 4.98 Å². The molecule has 0 fully saturated rings. The van der Waals surface area contributed by atoms with Crippen LogP contribution in [0.15, 0.2) is 30.3 Å². The summed E-state index contributed by atoms with van der Waals surface area (Å²) in [5, 5.41) is 9.03. The number of benzene rings is 1. The Labute approximate surface area is 126 Å². The smallest absolute Gasteiger partial charge is 0.335 e. The summed E-state index contributed by atoms with van der Waals surface area (Å²) in [6.45, 7) is 3.79. The second-order valence-electron chi connectivity index (χ2n) is 4.76. The van der Waals surface area contributed by atoms with Crippen LogP contribution >= 0.6 is 11.6 Å². The third-order valence-corrected chi connectivity index (χ3v) is 3.06. The quantitative estimate of drug-likeness (QED) is 0.904. The zero-order chi connectivity index (χ0) is 15.6. The summed E-state index contributed by atoms with van der Waals surface area (Å²) < 4.78 is 18.6. The zero-order valence-electron chi connectivity index (χ0n) is 11.4. The Balaban J connectivity index is 2.38. The molecule has 1 aromatic heterocycles. The van der Waals surface area contributed by atoms with Gasteiger partial charge >= 0.3 is 5.97 Å². The van der Waals surface area contributed by atoms with E-state index in [1.807, 2.05) is 13.8 Å². The number of carboxylic acid groups (broad SMARTS) is 1. The van der Waals surface area contributed by atoms with Crippen LogP contribution in [-0.4, -0.2) is 16.1 Å². The van der Waals surface area contributed by atoms with E-state index in [9.17, 15) is 9.18 Å². The first-order valence-corrected chi connectivity index (χ1v) is 6.63. The van der Waals surface area contributed by atoms with Crippen molar-refractivity contribution in [2.45, 2.75) is 19.8 Å². The number of nitrogens with zero attached hydrogens (tertiary/aromatic N) is 1. The van der Waals surface area contributed by atoms with Crippen LogP contribution in [0.3, 0.4) is 0 Å². The Hall–Kier alpha value is -2.14. The van der Waals surface area contributed by atoms with Gasteiger partial charge in [0.25, 0.3) is 0 Å². The summed E-state index contributed by atoms with van der Waals surface area (Å²) in [4.78, 5) is 15.4. The van der Waals surface area contributed by atoms with Crippen LogP contribution in [-0.2, 0) is 0 Å². The summed E-state index contributed by atoms with van der Waals surface area (Å²) in [6.07, 6.45) is 0. The minimum Gasteiger partial charge on any atom is -0.478 e. The molecule has 0 aliphatic carbocycles. The molecule has 0 aliphatic rings. The first-order valence-electron chi connectivity index (χ1n) is 6.25. The first kappa shape index (κ1) is 15.3. The number of aromatic carboxylic acids is 1. The number of pyridine rings is 1. The van der Waals surface area contributed by atoms with Gasteiger partial charge in [-0.1, -0.05) is 25.4 Å². The van der Waals surface area contributed by atoms with Crippen LogP contribution in [0.5, 0.6) is 11.6 Å². The van der Waals surface area contributed by atoms with Gasteiger partial charge in [0.15, 0.2) is 0 Å². The number of halogens is 2. The van der Waals surface area contributed by atoms with Crippen molar-refractivity contribution in [2.75, 3.05) is 0 Å². The molecule has 1 aromatic carbocycles. The van der Waals surface area contributed by atoms with Crippen molar-refractivity contribution >= 4 is 17.6 Å². The number of carboxylic acids is 1. The highest BCUT2D eigenvalue weighted by Gasteiger charge is 2.12. The van der Waals surface area contributed by atoms with Crippen LogP contribution in [0.4, 0.5) is 4.39 Å². The predicted octanol–water partition coefficient (Wildman–Crippen LogP) is 4.49. The van der Waals surface area contributed by atoms with E-state index in [4.69, 9.17) is 21.4 Å². The molecule has 0 saturated carbocycles. The first-order chi connectivity index (χ1) is 9.86. The average Bonchev–Trinajstić information content (AvgIpc) is 2.42. The van der Waals surface area contributed by atoms with E-state index in [1.165, 1.54) is 30.3 Å². The van der Waals surface area contributed by atoms with Crippen LogP contribution in [0.25, 0.3) is 0 Å². The highest BCUT2D eigenvalue weighted by atomic mass is 35.5.